The Kier molecular flexibility index (Phi) is 6.04. The van der Waals surface area contributed by atoms with E-state index in [2.05, 4.69) is 14.8 Å². The number of carbonyl (C=O) groups excluding carboxylic acids is 1. The van der Waals surface area contributed by atoms with Gasteiger partial charge < -0.3 is 9.64 Å². The number of hydrogen-bond donors (Lipinski definition) is 0. The van der Waals surface area contributed by atoms with Crippen molar-refractivity contribution in [2.75, 3.05) is 13.2 Å². The van der Waals surface area contributed by atoms with Crippen LogP contribution in [0.2, 0.25) is 5.15 Å². The number of amides is 1. The van der Waals surface area contributed by atoms with E-state index in [0.717, 1.165) is 11.3 Å². The maximum absolute atomic E-state index is 12.9. The first-order valence-electron chi connectivity index (χ1n) is 7.93. The van der Waals surface area contributed by atoms with Crippen LogP contribution in [-0.2, 0) is 22.7 Å². The Balaban J connectivity index is 1.64. The molecule has 2 aromatic rings. The lowest BCUT2D eigenvalue weighted by molar-refractivity contribution is -0.176. The van der Waals surface area contributed by atoms with Crippen LogP contribution in [0.1, 0.15) is 23.5 Å². The van der Waals surface area contributed by atoms with Crippen molar-refractivity contribution in [3.63, 3.8) is 0 Å². The smallest absolute Gasteiger partial charge is 0.365 e. The third-order valence-electron chi connectivity index (χ3n) is 3.90. The summed E-state index contributed by atoms with van der Waals surface area (Å²) in [4.78, 5) is 17.9. The summed E-state index contributed by atoms with van der Waals surface area (Å²) in [6.45, 7) is -1.63. The summed E-state index contributed by atoms with van der Waals surface area (Å²) in [5.41, 5.74) is 0.315. The highest BCUT2D eigenvalue weighted by atomic mass is 35.5. The van der Waals surface area contributed by atoms with Crippen molar-refractivity contribution in [1.29, 1.82) is 0 Å². The fourth-order valence-electron chi connectivity index (χ4n) is 2.87. The molecule has 0 saturated carbocycles. The molecule has 1 aliphatic rings. The Bertz CT molecular complexity index is 866. The van der Waals surface area contributed by atoms with E-state index < -0.39 is 30.5 Å². The SMILES string of the molecule is O=C1CC(CC(F)(F)Cl)CN1Cc1nc2sc(COCC(F)(F)F)nn2c1Cl. The highest BCUT2D eigenvalue weighted by Gasteiger charge is 2.37. The highest BCUT2D eigenvalue weighted by Crippen LogP contribution is 2.34. The molecule has 2 aromatic heterocycles. The predicted molar refractivity (Wildman–Crippen MR) is 90.5 cm³/mol. The Morgan fingerprint density at radius 3 is 2.61 bits per heavy atom. The molecule has 3 rings (SSSR count). The van der Waals surface area contributed by atoms with Crippen LogP contribution < -0.4 is 0 Å². The molecule has 1 saturated heterocycles. The molecule has 3 heterocycles. The topological polar surface area (TPSA) is 59.7 Å². The van der Waals surface area contributed by atoms with Gasteiger partial charge in [-0.05, 0) is 17.5 Å². The molecule has 28 heavy (non-hydrogen) atoms. The first-order valence-corrected chi connectivity index (χ1v) is 9.50. The molecule has 6 nitrogen and oxygen atoms in total. The van der Waals surface area contributed by atoms with Gasteiger partial charge in [-0.25, -0.2) is 4.98 Å². The third kappa shape index (κ3) is 5.43. The summed E-state index contributed by atoms with van der Waals surface area (Å²) in [5, 5.41) is 1.01. The molecular formula is C14H13Cl2F5N4O2S. The molecule has 0 aromatic carbocycles. The minimum Gasteiger partial charge on any atom is -0.365 e. The summed E-state index contributed by atoms with van der Waals surface area (Å²) in [5.74, 6) is -0.884. The average molecular weight is 467 g/mol. The number of aromatic nitrogens is 3. The van der Waals surface area contributed by atoms with Crippen LogP contribution in [-0.4, -0.2) is 50.1 Å². The molecule has 0 spiro atoms. The number of hydrogen-bond acceptors (Lipinski definition) is 5. The van der Waals surface area contributed by atoms with Crippen LogP contribution in [0.4, 0.5) is 22.0 Å². The molecular weight excluding hydrogens is 454 g/mol. The van der Waals surface area contributed by atoms with Crippen molar-refractivity contribution < 1.29 is 31.5 Å². The molecule has 1 fully saturated rings. The van der Waals surface area contributed by atoms with Crippen LogP contribution in [0.25, 0.3) is 4.96 Å². The molecule has 156 valence electrons. The molecule has 1 atom stereocenters. The number of likely N-dealkylation sites (tertiary alicyclic amines) is 1. The van der Waals surface area contributed by atoms with Crippen molar-refractivity contribution in [3.8, 4) is 0 Å². The van der Waals surface area contributed by atoms with E-state index in [1.807, 2.05) is 0 Å². The molecule has 1 aliphatic heterocycles. The van der Waals surface area contributed by atoms with Gasteiger partial charge >= 0.3 is 11.6 Å². The van der Waals surface area contributed by atoms with Crippen molar-refractivity contribution in [2.45, 2.75) is 37.6 Å². The first kappa shape index (κ1) is 21.5. The summed E-state index contributed by atoms with van der Waals surface area (Å²) >= 11 is 12.1. The van der Waals surface area contributed by atoms with Crippen molar-refractivity contribution in [3.05, 3.63) is 15.9 Å². The monoisotopic (exact) mass is 466 g/mol. The number of rotatable bonds is 7. The van der Waals surface area contributed by atoms with Gasteiger partial charge in [0.2, 0.25) is 10.9 Å². The number of fused-ring (bicyclic) bond motifs is 1. The van der Waals surface area contributed by atoms with Crippen LogP contribution in [0.3, 0.4) is 0 Å². The van der Waals surface area contributed by atoms with Crippen LogP contribution in [0.15, 0.2) is 0 Å². The Morgan fingerprint density at radius 2 is 2.00 bits per heavy atom. The Morgan fingerprint density at radius 1 is 1.29 bits per heavy atom. The molecule has 0 radical (unpaired) electrons. The average Bonchev–Trinajstić information content (AvgIpc) is 3.14. The number of ether oxygens (including phenoxy) is 1. The zero-order valence-corrected chi connectivity index (χ0v) is 16.3. The van der Waals surface area contributed by atoms with Gasteiger partial charge in [-0.15, -0.1) is 0 Å². The zero-order valence-electron chi connectivity index (χ0n) is 14.0. The highest BCUT2D eigenvalue weighted by molar-refractivity contribution is 7.16. The lowest BCUT2D eigenvalue weighted by atomic mass is 10.1. The second kappa shape index (κ2) is 7.88. The third-order valence-corrected chi connectivity index (χ3v) is 5.32. The summed E-state index contributed by atoms with van der Waals surface area (Å²) in [7, 11) is 0. The largest absolute Gasteiger partial charge is 0.411 e. The summed E-state index contributed by atoms with van der Waals surface area (Å²) in [6, 6.07) is 0. The number of halogens is 7. The number of alkyl halides is 6. The lowest BCUT2D eigenvalue weighted by Crippen LogP contribution is -2.25. The quantitative estimate of drug-likeness (QED) is 0.455. The predicted octanol–water partition coefficient (Wildman–Crippen LogP) is 4.09. The zero-order chi connectivity index (χ0) is 20.7. The Hall–Kier alpha value is -1.24. The van der Waals surface area contributed by atoms with Gasteiger partial charge in [-0.3, -0.25) is 4.79 Å². The number of nitrogens with zero attached hydrogens (tertiary/aromatic N) is 4. The summed E-state index contributed by atoms with van der Waals surface area (Å²) < 4.78 is 67.9. The molecule has 1 amide bonds. The van der Waals surface area contributed by atoms with E-state index in [0.29, 0.717) is 10.7 Å². The van der Waals surface area contributed by atoms with Crippen LogP contribution in [0, 0.1) is 5.92 Å². The van der Waals surface area contributed by atoms with E-state index in [-0.39, 0.29) is 42.2 Å². The van der Waals surface area contributed by atoms with Gasteiger partial charge in [0.25, 0.3) is 0 Å². The second-order valence-corrected chi connectivity index (χ2v) is 8.26. The Labute approximate surface area is 169 Å². The second-order valence-electron chi connectivity index (χ2n) is 6.31. The van der Waals surface area contributed by atoms with Gasteiger partial charge in [0.05, 0.1) is 6.54 Å². The van der Waals surface area contributed by atoms with Gasteiger partial charge in [0.1, 0.15) is 23.9 Å². The number of carbonyl (C=O) groups is 1. The van der Waals surface area contributed by atoms with E-state index in [1.165, 1.54) is 9.42 Å². The molecule has 0 N–H and O–H groups in total. The van der Waals surface area contributed by atoms with Gasteiger partial charge in [-0.1, -0.05) is 22.9 Å². The number of imidazole rings is 1. The lowest BCUT2D eigenvalue weighted by Gasteiger charge is -2.16. The minimum absolute atomic E-state index is 0.0119. The van der Waals surface area contributed by atoms with E-state index in [1.54, 1.807) is 0 Å². The van der Waals surface area contributed by atoms with Crippen molar-refractivity contribution in [1.82, 2.24) is 19.5 Å². The maximum atomic E-state index is 12.9. The van der Waals surface area contributed by atoms with Crippen LogP contribution in [0.5, 0.6) is 0 Å². The standard InChI is InChI=1S/C14H13Cl2F5N4O2S/c15-11-8(4-24-3-7(1-10(24)26)2-13(16,17)18)22-12-25(11)23-9(28-12)5-27-6-14(19,20)21/h7H,1-6H2. The van der Waals surface area contributed by atoms with E-state index in [9.17, 15) is 26.7 Å². The fourth-order valence-corrected chi connectivity index (χ4v) is 4.21. The first-order chi connectivity index (χ1) is 12.9. The summed E-state index contributed by atoms with van der Waals surface area (Å²) in [6.07, 6.45) is -5.08. The van der Waals surface area contributed by atoms with E-state index >= 15 is 0 Å². The van der Waals surface area contributed by atoms with Crippen molar-refractivity contribution >= 4 is 45.4 Å². The molecule has 0 aliphatic carbocycles. The minimum atomic E-state index is -4.43. The van der Waals surface area contributed by atoms with Crippen molar-refractivity contribution in [2.24, 2.45) is 5.92 Å². The molecule has 1 unspecified atom stereocenters. The molecule has 14 heteroatoms. The normalized spacial score (nSPS) is 18.6. The fraction of sp³-hybridized carbons (Fsp3) is 0.643. The van der Waals surface area contributed by atoms with Gasteiger partial charge in [0.15, 0.2) is 5.15 Å². The van der Waals surface area contributed by atoms with E-state index in [4.69, 9.17) is 23.2 Å². The molecule has 0 bridgehead atoms. The van der Waals surface area contributed by atoms with Gasteiger partial charge in [0, 0.05) is 19.4 Å². The van der Waals surface area contributed by atoms with Gasteiger partial charge in [-0.2, -0.15) is 31.6 Å². The van der Waals surface area contributed by atoms with Crippen LogP contribution >= 0.6 is 34.5 Å². The maximum Gasteiger partial charge on any atom is 0.411 e.